The number of hydrogen-bond acceptors (Lipinski definition) is 1. The SMILES string of the molecule is Cc1ccc2[nH]c3c(c2c1)CCCC3NC(=O)CC1CCCC1. The van der Waals surface area contributed by atoms with Gasteiger partial charge in [-0.2, -0.15) is 0 Å². The van der Waals surface area contributed by atoms with Gasteiger partial charge in [-0.15, -0.1) is 0 Å². The predicted octanol–water partition coefficient (Wildman–Crippen LogP) is 4.55. The Morgan fingerprint density at radius 1 is 1.22 bits per heavy atom. The number of hydrogen-bond donors (Lipinski definition) is 2. The second kappa shape index (κ2) is 6.03. The second-order valence-corrected chi connectivity index (χ2v) is 7.43. The topological polar surface area (TPSA) is 44.9 Å². The van der Waals surface area contributed by atoms with Crippen LogP contribution < -0.4 is 5.32 Å². The van der Waals surface area contributed by atoms with Crippen LogP contribution in [0.15, 0.2) is 18.2 Å². The molecule has 2 N–H and O–H groups in total. The monoisotopic (exact) mass is 310 g/mol. The minimum absolute atomic E-state index is 0.167. The Bertz CT molecular complexity index is 725. The van der Waals surface area contributed by atoms with Gasteiger partial charge in [0, 0.05) is 23.0 Å². The Balaban J connectivity index is 1.55. The molecule has 1 saturated carbocycles. The summed E-state index contributed by atoms with van der Waals surface area (Å²) >= 11 is 0. The number of aromatic nitrogens is 1. The van der Waals surface area contributed by atoms with Gasteiger partial charge in [-0.1, -0.05) is 24.5 Å². The summed E-state index contributed by atoms with van der Waals surface area (Å²) in [4.78, 5) is 16.0. The van der Waals surface area contributed by atoms with Gasteiger partial charge in [0.2, 0.25) is 5.91 Å². The molecule has 0 saturated heterocycles. The first-order valence-corrected chi connectivity index (χ1v) is 9.11. The Morgan fingerprint density at radius 3 is 2.87 bits per heavy atom. The number of aryl methyl sites for hydroxylation is 2. The van der Waals surface area contributed by atoms with Gasteiger partial charge in [0.1, 0.15) is 0 Å². The average Bonchev–Trinajstić information content (AvgIpc) is 3.15. The van der Waals surface area contributed by atoms with Crippen LogP contribution in [0.2, 0.25) is 0 Å². The number of benzene rings is 1. The molecule has 1 atom stereocenters. The van der Waals surface area contributed by atoms with Gasteiger partial charge in [0.05, 0.1) is 6.04 Å². The van der Waals surface area contributed by atoms with Crippen molar-refractivity contribution in [3.05, 3.63) is 35.0 Å². The Kier molecular flexibility index (Phi) is 3.88. The molecule has 1 amide bonds. The van der Waals surface area contributed by atoms with E-state index in [-0.39, 0.29) is 11.9 Å². The summed E-state index contributed by atoms with van der Waals surface area (Å²) in [5, 5.41) is 4.65. The van der Waals surface area contributed by atoms with Crippen LogP contribution in [0, 0.1) is 12.8 Å². The van der Waals surface area contributed by atoms with Gasteiger partial charge in [0.25, 0.3) is 0 Å². The third-order valence-electron chi connectivity index (χ3n) is 5.65. The largest absolute Gasteiger partial charge is 0.356 e. The lowest BCUT2D eigenvalue weighted by atomic mass is 9.91. The lowest BCUT2D eigenvalue weighted by molar-refractivity contribution is -0.122. The van der Waals surface area contributed by atoms with Crippen molar-refractivity contribution in [3.8, 4) is 0 Å². The van der Waals surface area contributed by atoms with Gasteiger partial charge < -0.3 is 10.3 Å². The molecule has 0 spiro atoms. The molecule has 1 unspecified atom stereocenters. The quantitative estimate of drug-likeness (QED) is 0.858. The standard InChI is InChI=1S/C20H26N2O/c1-13-9-10-17-16(11-13)15-7-4-8-18(20(15)22-17)21-19(23)12-14-5-2-3-6-14/h9-11,14,18,22H,2-8,12H2,1H3,(H,21,23). The summed E-state index contributed by atoms with van der Waals surface area (Å²) in [6, 6.07) is 6.76. The molecule has 3 heteroatoms. The third kappa shape index (κ3) is 2.89. The van der Waals surface area contributed by atoms with E-state index in [4.69, 9.17) is 0 Å². The minimum Gasteiger partial charge on any atom is -0.356 e. The first kappa shape index (κ1) is 14.8. The molecular weight excluding hydrogens is 284 g/mol. The van der Waals surface area contributed by atoms with E-state index in [2.05, 4.69) is 35.4 Å². The molecule has 1 heterocycles. The van der Waals surface area contributed by atoms with E-state index in [0.717, 1.165) is 19.3 Å². The molecular formula is C20H26N2O. The lowest BCUT2D eigenvalue weighted by Gasteiger charge is -2.24. The minimum atomic E-state index is 0.167. The number of aromatic amines is 1. The molecule has 122 valence electrons. The number of carbonyl (C=O) groups excluding carboxylic acids is 1. The number of rotatable bonds is 3. The summed E-state index contributed by atoms with van der Waals surface area (Å²) in [5.41, 5.74) is 5.17. The highest BCUT2D eigenvalue weighted by Gasteiger charge is 2.26. The van der Waals surface area contributed by atoms with Gasteiger partial charge in [-0.3, -0.25) is 4.79 Å². The lowest BCUT2D eigenvalue weighted by Crippen LogP contribution is -2.31. The van der Waals surface area contributed by atoms with Crippen molar-refractivity contribution in [2.45, 2.75) is 64.3 Å². The maximum Gasteiger partial charge on any atom is 0.220 e. The van der Waals surface area contributed by atoms with E-state index in [1.807, 2.05) is 0 Å². The van der Waals surface area contributed by atoms with Gasteiger partial charge >= 0.3 is 0 Å². The molecule has 4 rings (SSSR count). The fraction of sp³-hybridized carbons (Fsp3) is 0.550. The smallest absolute Gasteiger partial charge is 0.220 e. The molecule has 2 aliphatic rings. The number of H-pyrrole nitrogens is 1. The Hall–Kier alpha value is -1.77. The number of carbonyl (C=O) groups is 1. The number of amides is 1. The molecule has 0 aliphatic heterocycles. The zero-order chi connectivity index (χ0) is 15.8. The third-order valence-corrected chi connectivity index (χ3v) is 5.65. The van der Waals surface area contributed by atoms with Crippen LogP contribution in [0.25, 0.3) is 10.9 Å². The molecule has 0 radical (unpaired) electrons. The second-order valence-electron chi connectivity index (χ2n) is 7.43. The highest BCUT2D eigenvalue weighted by molar-refractivity contribution is 5.86. The van der Waals surface area contributed by atoms with Crippen molar-refractivity contribution in [2.24, 2.45) is 5.92 Å². The van der Waals surface area contributed by atoms with Crippen molar-refractivity contribution in [1.29, 1.82) is 0 Å². The van der Waals surface area contributed by atoms with Crippen LogP contribution in [0.4, 0.5) is 0 Å². The van der Waals surface area contributed by atoms with Crippen molar-refractivity contribution in [3.63, 3.8) is 0 Å². The van der Waals surface area contributed by atoms with Crippen LogP contribution in [-0.2, 0) is 11.2 Å². The highest BCUT2D eigenvalue weighted by atomic mass is 16.1. The predicted molar refractivity (Wildman–Crippen MR) is 93.4 cm³/mol. The maximum atomic E-state index is 12.4. The van der Waals surface area contributed by atoms with Gasteiger partial charge in [-0.05, 0) is 62.6 Å². The maximum absolute atomic E-state index is 12.4. The van der Waals surface area contributed by atoms with Crippen molar-refractivity contribution in [1.82, 2.24) is 10.3 Å². The Morgan fingerprint density at radius 2 is 2.04 bits per heavy atom. The first-order valence-electron chi connectivity index (χ1n) is 9.11. The van der Waals surface area contributed by atoms with E-state index in [1.165, 1.54) is 53.4 Å². The summed E-state index contributed by atoms with van der Waals surface area (Å²) in [6.07, 6.45) is 9.10. The van der Waals surface area contributed by atoms with Crippen molar-refractivity contribution >= 4 is 16.8 Å². The summed E-state index contributed by atoms with van der Waals surface area (Å²) < 4.78 is 0. The van der Waals surface area contributed by atoms with Crippen LogP contribution in [0.5, 0.6) is 0 Å². The first-order chi connectivity index (χ1) is 11.2. The summed E-state index contributed by atoms with van der Waals surface area (Å²) in [5.74, 6) is 0.855. The van der Waals surface area contributed by atoms with Crippen molar-refractivity contribution in [2.75, 3.05) is 0 Å². The molecule has 1 fully saturated rings. The molecule has 2 aliphatic carbocycles. The number of nitrogens with one attached hydrogen (secondary N) is 2. The Labute approximate surface area is 137 Å². The fourth-order valence-corrected chi connectivity index (χ4v) is 4.45. The zero-order valence-corrected chi connectivity index (χ0v) is 14.0. The van der Waals surface area contributed by atoms with Gasteiger partial charge in [-0.25, -0.2) is 0 Å². The molecule has 1 aromatic carbocycles. The van der Waals surface area contributed by atoms with Crippen LogP contribution in [0.1, 0.15) is 67.8 Å². The van der Waals surface area contributed by atoms with Crippen molar-refractivity contribution < 1.29 is 4.79 Å². The van der Waals surface area contributed by atoms with E-state index >= 15 is 0 Å². The molecule has 3 nitrogen and oxygen atoms in total. The highest BCUT2D eigenvalue weighted by Crippen LogP contribution is 2.35. The number of fused-ring (bicyclic) bond motifs is 3. The average molecular weight is 310 g/mol. The molecule has 0 bridgehead atoms. The van der Waals surface area contributed by atoms with Crippen LogP contribution in [-0.4, -0.2) is 10.9 Å². The molecule has 2 aromatic rings. The van der Waals surface area contributed by atoms with E-state index < -0.39 is 0 Å². The fourth-order valence-electron chi connectivity index (χ4n) is 4.45. The summed E-state index contributed by atoms with van der Waals surface area (Å²) in [7, 11) is 0. The van der Waals surface area contributed by atoms with Crippen LogP contribution in [0.3, 0.4) is 0 Å². The van der Waals surface area contributed by atoms with Crippen LogP contribution >= 0.6 is 0 Å². The van der Waals surface area contributed by atoms with E-state index in [0.29, 0.717) is 12.3 Å². The van der Waals surface area contributed by atoms with E-state index in [9.17, 15) is 4.79 Å². The molecule has 1 aromatic heterocycles. The normalized spacial score (nSPS) is 21.5. The van der Waals surface area contributed by atoms with E-state index in [1.54, 1.807) is 0 Å². The van der Waals surface area contributed by atoms with Gasteiger partial charge in [0.15, 0.2) is 0 Å². The molecule has 23 heavy (non-hydrogen) atoms. The zero-order valence-electron chi connectivity index (χ0n) is 14.0. The summed E-state index contributed by atoms with van der Waals surface area (Å²) in [6.45, 7) is 2.14.